The Hall–Kier alpha value is -1.94. The first kappa shape index (κ1) is 10.2. The van der Waals surface area contributed by atoms with Crippen molar-refractivity contribution in [3.05, 3.63) is 47.5 Å². The lowest BCUT2D eigenvalue weighted by molar-refractivity contribution is 0.930. The van der Waals surface area contributed by atoms with E-state index in [0.717, 1.165) is 22.6 Å². The SMILES string of the molecule is Cc1cc(Cl)n2ncc(-c3ccccn3)c2n1. The predicted octanol–water partition coefficient (Wildman–Crippen LogP) is 2.75. The summed E-state index contributed by atoms with van der Waals surface area (Å²) in [4.78, 5) is 8.74. The summed E-state index contributed by atoms with van der Waals surface area (Å²) in [5, 5.41) is 4.77. The Morgan fingerprint density at radius 1 is 1.29 bits per heavy atom. The van der Waals surface area contributed by atoms with Gasteiger partial charge >= 0.3 is 0 Å². The highest BCUT2D eigenvalue weighted by atomic mass is 35.5. The summed E-state index contributed by atoms with van der Waals surface area (Å²) in [6.07, 6.45) is 3.48. The number of nitrogens with zero attached hydrogens (tertiary/aromatic N) is 4. The summed E-state index contributed by atoms with van der Waals surface area (Å²) >= 11 is 6.10. The Labute approximate surface area is 103 Å². The topological polar surface area (TPSA) is 43.1 Å². The maximum Gasteiger partial charge on any atom is 0.166 e. The highest BCUT2D eigenvalue weighted by molar-refractivity contribution is 6.29. The van der Waals surface area contributed by atoms with Crippen molar-refractivity contribution in [2.75, 3.05) is 0 Å². The summed E-state index contributed by atoms with van der Waals surface area (Å²) in [6.45, 7) is 1.90. The van der Waals surface area contributed by atoms with Crippen molar-refractivity contribution >= 4 is 17.2 Å². The molecule has 0 aliphatic heterocycles. The van der Waals surface area contributed by atoms with E-state index in [0.29, 0.717) is 5.15 Å². The number of aryl methyl sites for hydroxylation is 1. The van der Waals surface area contributed by atoms with Crippen molar-refractivity contribution in [3.63, 3.8) is 0 Å². The van der Waals surface area contributed by atoms with Crippen LogP contribution in [0.1, 0.15) is 5.69 Å². The molecule has 3 aromatic heterocycles. The third-order valence-electron chi connectivity index (χ3n) is 2.50. The van der Waals surface area contributed by atoms with Crippen LogP contribution in [-0.4, -0.2) is 19.6 Å². The first-order valence-corrected chi connectivity index (χ1v) is 5.56. The molecule has 0 amide bonds. The molecule has 4 nitrogen and oxygen atoms in total. The largest absolute Gasteiger partial charge is 0.256 e. The highest BCUT2D eigenvalue weighted by Gasteiger charge is 2.11. The minimum absolute atomic E-state index is 0.551. The van der Waals surface area contributed by atoms with E-state index in [9.17, 15) is 0 Å². The highest BCUT2D eigenvalue weighted by Crippen LogP contribution is 2.23. The molecule has 0 unspecified atom stereocenters. The van der Waals surface area contributed by atoms with E-state index in [1.54, 1.807) is 23.0 Å². The molecule has 0 aliphatic carbocycles. The minimum Gasteiger partial charge on any atom is -0.256 e. The van der Waals surface area contributed by atoms with Crippen LogP contribution in [0.2, 0.25) is 5.15 Å². The number of halogens is 1. The summed E-state index contributed by atoms with van der Waals surface area (Å²) < 4.78 is 1.61. The van der Waals surface area contributed by atoms with Crippen molar-refractivity contribution in [1.82, 2.24) is 19.6 Å². The van der Waals surface area contributed by atoms with Crippen LogP contribution in [0.25, 0.3) is 16.9 Å². The zero-order valence-corrected chi connectivity index (χ0v) is 9.89. The molecular weight excluding hydrogens is 236 g/mol. The van der Waals surface area contributed by atoms with Gasteiger partial charge in [0.15, 0.2) is 5.65 Å². The second-order valence-corrected chi connectivity index (χ2v) is 4.12. The lowest BCUT2D eigenvalue weighted by atomic mass is 10.2. The van der Waals surface area contributed by atoms with E-state index in [4.69, 9.17) is 11.6 Å². The molecule has 84 valence electrons. The van der Waals surface area contributed by atoms with Gasteiger partial charge in [0.1, 0.15) is 5.15 Å². The molecular formula is C12H9ClN4. The van der Waals surface area contributed by atoms with Crippen LogP contribution >= 0.6 is 11.6 Å². The van der Waals surface area contributed by atoms with Gasteiger partial charge in [0.05, 0.1) is 17.5 Å². The number of hydrogen-bond acceptors (Lipinski definition) is 3. The summed E-state index contributed by atoms with van der Waals surface area (Å²) in [5.41, 5.74) is 3.32. The molecule has 3 aromatic rings. The molecule has 0 fully saturated rings. The molecule has 0 N–H and O–H groups in total. The molecule has 0 spiro atoms. The number of hydrogen-bond donors (Lipinski definition) is 0. The van der Waals surface area contributed by atoms with E-state index in [1.165, 1.54) is 0 Å². The second kappa shape index (κ2) is 3.82. The Morgan fingerprint density at radius 3 is 2.94 bits per heavy atom. The number of rotatable bonds is 1. The maximum atomic E-state index is 6.10. The molecule has 0 aliphatic rings. The van der Waals surface area contributed by atoms with Crippen LogP contribution in [0.4, 0.5) is 0 Å². The van der Waals surface area contributed by atoms with E-state index in [-0.39, 0.29) is 0 Å². The quantitative estimate of drug-likeness (QED) is 0.618. The molecule has 3 heterocycles. The van der Waals surface area contributed by atoms with Gasteiger partial charge in [-0.1, -0.05) is 17.7 Å². The van der Waals surface area contributed by atoms with Crippen LogP contribution in [0.5, 0.6) is 0 Å². The van der Waals surface area contributed by atoms with Crippen molar-refractivity contribution in [1.29, 1.82) is 0 Å². The van der Waals surface area contributed by atoms with Crippen molar-refractivity contribution in [2.45, 2.75) is 6.92 Å². The zero-order valence-electron chi connectivity index (χ0n) is 9.13. The van der Waals surface area contributed by atoms with Gasteiger partial charge in [-0.3, -0.25) is 4.98 Å². The minimum atomic E-state index is 0.551. The Balaban J connectivity index is 2.32. The van der Waals surface area contributed by atoms with Crippen molar-refractivity contribution in [3.8, 4) is 11.3 Å². The summed E-state index contributed by atoms with van der Waals surface area (Å²) in [5.74, 6) is 0. The Bertz CT molecular complexity index is 676. The van der Waals surface area contributed by atoms with Crippen molar-refractivity contribution in [2.24, 2.45) is 0 Å². The van der Waals surface area contributed by atoms with Crippen LogP contribution in [0.3, 0.4) is 0 Å². The van der Waals surface area contributed by atoms with Crippen LogP contribution in [-0.2, 0) is 0 Å². The van der Waals surface area contributed by atoms with Crippen LogP contribution < -0.4 is 0 Å². The molecule has 0 atom stereocenters. The molecule has 3 rings (SSSR count). The first-order chi connectivity index (χ1) is 8.25. The number of aromatic nitrogens is 4. The summed E-state index contributed by atoms with van der Waals surface area (Å²) in [6, 6.07) is 7.52. The fourth-order valence-corrected chi connectivity index (χ4v) is 2.02. The van der Waals surface area contributed by atoms with Gasteiger partial charge in [-0.05, 0) is 25.1 Å². The van der Waals surface area contributed by atoms with E-state index < -0.39 is 0 Å². The normalized spacial score (nSPS) is 10.9. The van der Waals surface area contributed by atoms with Gasteiger partial charge in [0.2, 0.25) is 0 Å². The van der Waals surface area contributed by atoms with Gasteiger partial charge in [0, 0.05) is 11.9 Å². The average Bonchev–Trinajstić information content (AvgIpc) is 2.74. The first-order valence-electron chi connectivity index (χ1n) is 5.18. The second-order valence-electron chi connectivity index (χ2n) is 3.73. The molecule has 17 heavy (non-hydrogen) atoms. The molecule has 0 saturated carbocycles. The average molecular weight is 245 g/mol. The Morgan fingerprint density at radius 2 is 2.18 bits per heavy atom. The third kappa shape index (κ3) is 1.66. The van der Waals surface area contributed by atoms with E-state index in [1.807, 2.05) is 25.1 Å². The maximum absolute atomic E-state index is 6.10. The van der Waals surface area contributed by atoms with Gasteiger partial charge in [0.25, 0.3) is 0 Å². The molecule has 0 bridgehead atoms. The molecule has 5 heteroatoms. The molecule has 0 radical (unpaired) electrons. The van der Waals surface area contributed by atoms with Gasteiger partial charge in [-0.15, -0.1) is 0 Å². The number of pyridine rings is 1. The van der Waals surface area contributed by atoms with Crippen LogP contribution in [0.15, 0.2) is 36.7 Å². The van der Waals surface area contributed by atoms with Gasteiger partial charge in [-0.25, -0.2) is 9.50 Å². The third-order valence-corrected chi connectivity index (χ3v) is 2.77. The van der Waals surface area contributed by atoms with Gasteiger partial charge < -0.3 is 0 Å². The molecule has 0 saturated heterocycles. The monoisotopic (exact) mass is 244 g/mol. The van der Waals surface area contributed by atoms with Gasteiger partial charge in [-0.2, -0.15) is 5.10 Å². The standard InChI is InChI=1S/C12H9ClN4/c1-8-6-11(13)17-12(16-8)9(7-15-17)10-4-2-3-5-14-10/h2-7H,1H3. The number of fused-ring (bicyclic) bond motifs is 1. The van der Waals surface area contributed by atoms with E-state index >= 15 is 0 Å². The summed E-state index contributed by atoms with van der Waals surface area (Å²) in [7, 11) is 0. The van der Waals surface area contributed by atoms with Crippen molar-refractivity contribution < 1.29 is 0 Å². The lowest BCUT2D eigenvalue weighted by Gasteiger charge is -2.00. The van der Waals surface area contributed by atoms with Crippen LogP contribution in [0, 0.1) is 6.92 Å². The zero-order chi connectivity index (χ0) is 11.8. The fourth-order valence-electron chi connectivity index (χ4n) is 1.74. The lowest BCUT2D eigenvalue weighted by Crippen LogP contribution is -1.94. The Kier molecular flexibility index (Phi) is 2.30. The molecule has 0 aromatic carbocycles. The fraction of sp³-hybridized carbons (Fsp3) is 0.0833. The van der Waals surface area contributed by atoms with E-state index in [2.05, 4.69) is 15.1 Å². The smallest absolute Gasteiger partial charge is 0.166 e. The predicted molar refractivity (Wildman–Crippen MR) is 66.0 cm³/mol.